The number of methoxy groups -OCH3 is 1. The van der Waals surface area contributed by atoms with Gasteiger partial charge in [-0.25, -0.2) is 13.2 Å². The molecule has 0 spiro atoms. The monoisotopic (exact) mass is 500 g/mol. The molecule has 12 heteroatoms. The van der Waals surface area contributed by atoms with Crippen molar-refractivity contribution < 1.29 is 37.5 Å². The molecule has 11 nitrogen and oxygen atoms in total. The molecule has 0 fully saturated rings. The minimum atomic E-state index is -4.39. The predicted molar refractivity (Wildman–Crippen MR) is 124 cm³/mol. The van der Waals surface area contributed by atoms with Gasteiger partial charge in [-0.1, -0.05) is 12.1 Å². The first-order valence-corrected chi connectivity index (χ1v) is 11.5. The molecule has 0 radical (unpaired) electrons. The van der Waals surface area contributed by atoms with E-state index in [2.05, 4.69) is 4.72 Å². The maximum Gasteiger partial charge on any atom is 0.340 e. The fraction of sp³-hybridized carbons (Fsp3) is 0.130. The second-order valence-electron chi connectivity index (χ2n) is 7.20. The fourth-order valence-electron chi connectivity index (χ4n) is 3.04. The number of nitrogens with one attached hydrogen (secondary N) is 1. The number of phenols is 1. The number of benzene rings is 3. The molecule has 0 heterocycles. The summed E-state index contributed by atoms with van der Waals surface area (Å²) in [6.45, 7) is 1.38. The van der Waals surface area contributed by atoms with Gasteiger partial charge >= 0.3 is 11.7 Å². The number of esters is 1. The highest BCUT2D eigenvalue weighted by Gasteiger charge is 2.25. The van der Waals surface area contributed by atoms with Crippen molar-refractivity contribution in [1.82, 2.24) is 0 Å². The third-order valence-electron chi connectivity index (χ3n) is 4.87. The zero-order chi connectivity index (χ0) is 25.8. The number of nitro groups is 1. The third-order valence-corrected chi connectivity index (χ3v) is 6.24. The van der Waals surface area contributed by atoms with E-state index in [1.54, 1.807) is 12.1 Å². The second-order valence-corrected chi connectivity index (χ2v) is 8.88. The van der Waals surface area contributed by atoms with E-state index in [1.165, 1.54) is 50.4 Å². The molecule has 2 N–H and O–H groups in total. The fourth-order valence-corrected chi connectivity index (χ4v) is 4.14. The Hall–Kier alpha value is -4.45. The van der Waals surface area contributed by atoms with Crippen LogP contribution in [0.3, 0.4) is 0 Å². The van der Waals surface area contributed by atoms with E-state index in [1.807, 2.05) is 0 Å². The number of para-hydroxylation sites is 1. The van der Waals surface area contributed by atoms with Crippen LogP contribution in [-0.2, 0) is 14.8 Å². The van der Waals surface area contributed by atoms with Crippen LogP contribution in [0.4, 0.5) is 11.4 Å². The number of sulfonamides is 1. The standard InChI is InChI=1S/C23H20N2O9S/c1-14(22(27)15-7-9-16(33-2)10-8-15)34-23(28)18-5-3-4-6-19(18)24-35(31,32)17-11-12-21(26)20(13-17)25(29)30/h3-14,24,26H,1-2H3. The maximum atomic E-state index is 12.8. The van der Waals surface area contributed by atoms with E-state index < -0.39 is 49.1 Å². The number of carbonyl (C=O) groups excluding carboxylic acids is 2. The first-order chi connectivity index (χ1) is 16.5. The van der Waals surface area contributed by atoms with Gasteiger partial charge in [0.1, 0.15) is 5.75 Å². The molecule has 0 aromatic heterocycles. The van der Waals surface area contributed by atoms with Gasteiger partial charge in [-0.2, -0.15) is 0 Å². The Morgan fingerprint density at radius 2 is 1.71 bits per heavy atom. The number of carbonyl (C=O) groups is 2. The van der Waals surface area contributed by atoms with Crippen LogP contribution < -0.4 is 9.46 Å². The van der Waals surface area contributed by atoms with Crippen LogP contribution in [0.2, 0.25) is 0 Å². The lowest BCUT2D eigenvalue weighted by atomic mass is 10.1. The summed E-state index contributed by atoms with van der Waals surface area (Å²) in [5.74, 6) is -1.59. The van der Waals surface area contributed by atoms with Gasteiger partial charge < -0.3 is 14.6 Å². The molecular formula is C23H20N2O9S. The van der Waals surface area contributed by atoms with Gasteiger partial charge in [0.25, 0.3) is 10.0 Å². The summed E-state index contributed by atoms with van der Waals surface area (Å²) < 4.78 is 38.1. The number of hydrogen-bond acceptors (Lipinski definition) is 9. The van der Waals surface area contributed by atoms with Gasteiger partial charge in [-0.3, -0.25) is 19.6 Å². The van der Waals surface area contributed by atoms with Crippen molar-refractivity contribution in [1.29, 1.82) is 0 Å². The van der Waals surface area contributed by atoms with Crippen molar-refractivity contribution in [3.05, 3.63) is 88.0 Å². The van der Waals surface area contributed by atoms with Crippen molar-refractivity contribution in [2.45, 2.75) is 17.9 Å². The number of aromatic hydroxyl groups is 1. The Labute approximate surface area is 200 Å². The van der Waals surface area contributed by atoms with Gasteiger partial charge in [-0.15, -0.1) is 0 Å². The van der Waals surface area contributed by atoms with E-state index in [4.69, 9.17) is 9.47 Å². The summed E-state index contributed by atoms with van der Waals surface area (Å²) in [4.78, 5) is 35.0. The number of anilines is 1. The summed E-state index contributed by atoms with van der Waals surface area (Å²) in [5, 5.41) is 20.6. The predicted octanol–water partition coefficient (Wildman–Crippen LogP) is 3.54. The molecule has 182 valence electrons. The lowest BCUT2D eigenvalue weighted by Crippen LogP contribution is -2.25. The highest BCUT2D eigenvalue weighted by atomic mass is 32.2. The highest BCUT2D eigenvalue weighted by Crippen LogP contribution is 2.30. The summed E-state index contributed by atoms with van der Waals surface area (Å²) in [6.07, 6.45) is -1.18. The molecule has 0 saturated heterocycles. The van der Waals surface area contributed by atoms with Crippen molar-refractivity contribution in [2.24, 2.45) is 0 Å². The van der Waals surface area contributed by atoms with Crippen LogP contribution in [-0.4, -0.2) is 43.4 Å². The second kappa shape index (κ2) is 10.2. The molecule has 0 amide bonds. The van der Waals surface area contributed by atoms with Gasteiger partial charge in [0.15, 0.2) is 11.9 Å². The van der Waals surface area contributed by atoms with Gasteiger partial charge in [0, 0.05) is 11.6 Å². The van der Waals surface area contributed by atoms with E-state index >= 15 is 0 Å². The van der Waals surface area contributed by atoms with Crippen LogP contribution in [0.15, 0.2) is 71.6 Å². The SMILES string of the molecule is COc1ccc(C(=O)C(C)OC(=O)c2ccccc2NS(=O)(=O)c2ccc(O)c([N+](=O)[O-])c2)cc1. The molecule has 0 aliphatic heterocycles. The first kappa shape index (κ1) is 25.2. The van der Waals surface area contributed by atoms with Crippen molar-refractivity contribution in [2.75, 3.05) is 11.8 Å². The van der Waals surface area contributed by atoms with Crippen LogP contribution in [0.1, 0.15) is 27.6 Å². The number of Topliss-reactive ketones (excluding diaryl/α,β-unsaturated/α-hetero) is 1. The zero-order valence-electron chi connectivity index (χ0n) is 18.5. The molecule has 0 bridgehead atoms. The molecule has 0 aliphatic carbocycles. The number of nitro benzene ring substituents is 1. The minimum Gasteiger partial charge on any atom is -0.502 e. The van der Waals surface area contributed by atoms with Crippen LogP contribution in [0, 0.1) is 10.1 Å². The van der Waals surface area contributed by atoms with Crippen molar-refractivity contribution in [3.8, 4) is 11.5 Å². The minimum absolute atomic E-state index is 0.169. The molecule has 35 heavy (non-hydrogen) atoms. The highest BCUT2D eigenvalue weighted by molar-refractivity contribution is 7.92. The number of nitrogens with zero attached hydrogens (tertiary/aromatic N) is 1. The Balaban J connectivity index is 1.81. The smallest absolute Gasteiger partial charge is 0.340 e. The number of rotatable bonds is 9. The number of phenolic OH excluding ortho intramolecular Hbond substituents is 1. The molecule has 3 rings (SSSR count). The topological polar surface area (TPSA) is 162 Å². The Morgan fingerprint density at radius 1 is 1.06 bits per heavy atom. The summed E-state index contributed by atoms with van der Waals surface area (Å²) in [7, 11) is -2.91. The van der Waals surface area contributed by atoms with Crippen LogP contribution >= 0.6 is 0 Å². The Bertz CT molecular complexity index is 1390. The lowest BCUT2D eigenvalue weighted by Gasteiger charge is -2.15. The van der Waals surface area contributed by atoms with Crippen molar-refractivity contribution >= 4 is 33.2 Å². The molecule has 1 atom stereocenters. The molecular weight excluding hydrogens is 480 g/mol. The lowest BCUT2D eigenvalue weighted by molar-refractivity contribution is -0.386. The summed E-state index contributed by atoms with van der Waals surface area (Å²) in [6, 6.07) is 14.3. The Kier molecular flexibility index (Phi) is 7.35. The van der Waals surface area contributed by atoms with Crippen molar-refractivity contribution in [3.63, 3.8) is 0 Å². The molecule has 0 aliphatic rings. The normalized spacial score (nSPS) is 11.8. The molecule has 0 saturated carbocycles. The van der Waals surface area contributed by atoms with Gasteiger partial charge in [0.2, 0.25) is 5.78 Å². The van der Waals surface area contributed by atoms with E-state index in [9.17, 15) is 33.2 Å². The first-order valence-electron chi connectivity index (χ1n) is 10.0. The van der Waals surface area contributed by atoms with Crippen LogP contribution in [0.5, 0.6) is 11.5 Å². The van der Waals surface area contributed by atoms with E-state index in [0.717, 1.165) is 12.1 Å². The Morgan fingerprint density at radius 3 is 2.34 bits per heavy atom. The maximum absolute atomic E-state index is 12.8. The average Bonchev–Trinajstić information content (AvgIpc) is 2.83. The van der Waals surface area contributed by atoms with E-state index in [0.29, 0.717) is 11.8 Å². The number of hydrogen-bond donors (Lipinski definition) is 2. The average molecular weight is 500 g/mol. The van der Waals surface area contributed by atoms with Gasteiger partial charge in [-0.05, 0) is 55.5 Å². The third kappa shape index (κ3) is 5.73. The number of ether oxygens (including phenoxy) is 2. The molecule has 1 unspecified atom stereocenters. The molecule has 3 aromatic carbocycles. The quantitative estimate of drug-likeness (QED) is 0.194. The largest absolute Gasteiger partial charge is 0.502 e. The summed E-state index contributed by atoms with van der Waals surface area (Å²) in [5.41, 5.74) is -0.864. The van der Waals surface area contributed by atoms with Gasteiger partial charge in [0.05, 0.1) is 28.2 Å². The van der Waals surface area contributed by atoms with E-state index in [-0.39, 0.29) is 16.8 Å². The summed E-state index contributed by atoms with van der Waals surface area (Å²) >= 11 is 0. The number of ketones is 1. The van der Waals surface area contributed by atoms with Crippen LogP contribution in [0.25, 0.3) is 0 Å². The molecule has 3 aromatic rings. The zero-order valence-corrected chi connectivity index (χ0v) is 19.3.